The Morgan fingerprint density at radius 2 is 2.10 bits per heavy atom. The summed E-state index contributed by atoms with van der Waals surface area (Å²) < 4.78 is 0. The van der Waals surface area contributed by atoms with Gasteiger partial charge in [-0.1, -0.05) is 30.0 Å². The Hall–Kier alpha value is 1.36. The Balaban J connectivity index is 2.83. The van der Waals surface area contributed by atoms with Crippen molar-refractivity contribution in [2.45, 2.75) is 13.1 Å². The van der Waals surface area contributed by atoms with Gasteiger partial charge in [-0.25, -0.2) is 0 Å². The standard InChI is InChI=1S/C5H12S4Si/c1-4-5-6-7-8-9-10(2)3/h4,10H,1,5H2,2-3H3. The molecule has 0 aliphatic carbocycles. The molecule has 10 heavy (non-hydrogen) atoms. The van der Waals surface area contributed by atoms with Crippen molar-refractivity contribution in [1.82, 2.24) is 0 Å². The van der Waals surface area contributed by atoms with Crippen LogP contribution in [-0.2, 0) is 0 Å². The lowest BCUT2D eigenvalue weighted by atomic mass is 10.8. The maximum absolute atomic E-state index is 3.65. The van der Waals surface area contributed by atoms with E-state index in [2.05, 4.69) is 19.7 Å². The maximum atomic E-state index is 3.65. The second kappa shape index (κ2) is 8.45. The molecule has 0 aromatic rings. The van der Waals surface area contributed by atoms with Gasteiger partial charge in [-0.2, -0.15) is 0 Å². The van der Waals surface area contributed by atoms with Gasteiger partial charge in [-0.05, 0) is 19.7 Å². The molecule has 0 atom stereocenters. The fraction of sp³-hybridized carbons (Fsp3) is 0.600. The van der Waals surface area contributed by atoms with Crippen molar-refractivity contribution in [3.8, 4) is 0 Å². The number of hydrogen-bond donors (Lipinski definition) is 0. The van der Waals surface area contributed by atoms with E-state index in [9.17, 15) is 0 Å². The summed E-state index contributed by atoms with van der Waals surface area (Å²) in [4.78, 5) is 0. The van der Waals surface area contributed by atoms with Crippen LogP contribution in [0.1, 0.15) is 0 Å². The third-order valence-electron chi connectivity index (χ3n) is 0.494. The molecule has 5 heteroatoms. The van der Waals surface area contributed by atoms with E-state index in [-0.39, 0.29) is 0 Å². The van der Waals surface area contributed by atoms with E-state index in [1.54, 1.807) is 0 Å². The second-order valence-corrected chi connectivity index (χ2v) is 14.1. The molecule has 0 unspecified atom stereocenters. The quantitative estimate of drug-likeness (QED) is 0.293. The van der Waals surface area contributed by atoms with Crippen LogP contribution in [0.15, 0.2) is 12.7 Å². The molecule has 0 radical (unpaired) electrons. The van der Waals surface area contributed by atoms with Crippen molar-refractivity contribution in [2.75, 3.05) is 5.75 Å². The molecular weight excluding hydrogens is 216 g/mol. The lowest BCUT2D eigenvalue weighted by molar-refractivity contribution is 1.84. The fourth-order valence-corrected chi connectivity index (χ4v) is 13.0. The number of hydrogen-bond acceptors (Lipinski definition) is 4. The van der Waals surface area contributed by atoms with Crippen LogP contribution >= 0.6 is 40.7 Å². The lowest BCUT2D eigenvalue weighted by Gasteiger charge is -1.98. The molecule has 0 heterocycles. The maximum Gasteiger partial charge on any atom is 0.110 e. The molecule has 0 saturated carbocycles. The van der Waals surface area contributed by atoms with E-state index in [0.29, 0.717) is 0 Å². The van der Waals surface area contributed by atoms with Crippen LogP contribution < -0.4 is 0 Å². The van der Waals surface area contributed by atoms with E-state index in [0.717, 1.165) is 5.75 Å². The summed E-state index contributed by atoms with van der Waals surface area (Å²) in [7, 11) is 7.28. The fourth-order valence-electron chi connectivity index (χ4n) is 0.190. The van der Waals surface area contributed by atoms with E-state index >= 15 is 0 Å². The predicted octanol–water partition coefficient (Wildman–Crippen LogP) is 3.83. The molecule has 0 N–H and O–H groups in total. The zero-order valence-electron chi connectivity index (χ0n) is 6.20. The van der Waals surface area contributed by atoms with Gasteiger partial charge in [0.2, 0.25) is 0 Å². The van der Waals surface area contributed by atoms with Gasteiger partial charge in [0.05, 0.1) is 0 Å². The van der Waals surface area contributed by atoms with E-state index in [4.69, 9.17) is 0 Å². The van der Waals surface area contributed by atoms with E-state index in [1.807, 2.05) is 46.8 Å². The molecule has 0 rings (SSSR count). The molecule has 0 spiro atoms. The molecule has 0 amide bonds. The molecule has 0 fully saturated rings. The first-order chi connectivity index (χ1) is 4.77. The van der Waals surface area contributed by atoms with Gasteiger partial charge >= 0.3 is 0 Å². The van der Waals surface area contributed by atoms with Gasteiger partial charge in [0.15, 0.2) is 0 Å². The predicted molar refractivity (Wildman–Crippen MR) is 64.3 cm³/mol. The average Bonchev–Trinajstić information content (AvgIpc) is 1.87. The van der Waals surface area contributed by atoms with Crippen LogP contribution in [0, 0.1) is 0 Å². The van der Waals surface area contributed by atoms with Gasteiger partial charge in [-0.3, -0.25) is 0 Å². The van der Waals surface area contributed by atoms with Crippen LogP contribution in [0.5, 0.6) is 0 Å². The third-order valence-corrected chi connectivity index (χ3v) is 12.9. The Kier molecular flexibility index (Phi) is 9.60. The minimum atomic E-state index is -0.402. The summed E-state index contributed by atoms with van der Waals surface area (Å²) in [6, 6.07) is 0. The SMILES string of the molecule is C=CCSSSS[SiH](C)C. The summed E-state index contributed by atoms with van der Waals surface area (Å²) in [5.41, 5.74) is 0. The molecule has 0 saturated heterocycles. The summed E-state index contributed by atoms with van der Waals surface area (Å²) in [6.07, 6.45) is 1.94. The van der Waals surface area contributed by atoms with Crippen LogP contribution in [0.3, 0.4) is 0 Å². The molecule has 0 bridgehead atoms. The van der Waals surface area contributed by atoms with Crippen molar-refractivity contribution in [3.63, 3.8) is 0 Å². The molecule has 0 aliphatic rings. The van der Waals surface area contributed by atoms with Crippen molar-refractivity contribution in [3.05, 3.63) is 12.7 Å². The van der Waals surface area contributed by atoms with Crippen LogP contribution in [-0.4, -0.2) is 13.7 Å². The first-order valence-electron chi connectivity index (χ1n) is 3.00. The Morgan fingerprint density at radius 1 is 1.40 bits per heavy atom. The van der Waals surface area contributed by atoms with Crippen molar-refractivity contribution >= 4 is 48.6 Å². The highest BCUT2D eigenvalue weighted by Gasteiger charge is 1.96. The second-order valence-electron chi connectivity index (χ2n) is 1.85. The zero-order chi connectivity index (χ0) is 7.82. The highest BCUT2D eigenvalue weighted by Crippen LogP contribution is 2.43. The van der Waals surface area contributed by atoms with Gasteiger partial charge < -0.3 is 0 Å². The highest BCUT2D eigenvalue weighted by atomic mass is 33.7. The van der Waals surface area contributed by atoms with Gasteiger partial charge in [0.1, 0.15) is 7.95 Å². The summed E-state index contributed by atoms with van der Waals surface area (Å²) >= 11 is 0. The molecule has 0 aromatic heterocycles. The minimum Gasteiger partial charge on any atom is -0.113 e. The van der Waals surface area contributed by atoms with Crippen molar-refractivity contribution in [1.29, 1.82) is 0 Å². The highest BCUT2D eigenvalue weighted by molar-refractivity contribution is 9.28. The molecule has 0 nitrogen and oxygen atoms in total. The monoisotopic (exact) mass is 228 g/mol. The largest absolute Gasteiger partial charge is 0.113 e. The minimum absolute atomic E-state index is 0.402. The Labute approximate surface area is 79.8 Å². The summed E-state index contributed by atoms with van der Waals surface area (Å²) in [5, 5.41) is 0. The van der Waals surface area contributed by atoms with E-state index < -0.39 is 7.95 Å². The van der Waals surface area contributed by atoms with Crippen LogP contribution in [0.25, 0.3) is 0 Å². The van der Waals surface area contributed by atoms with Crippen molar-refractivity contribution in [2.24, 2.45) is 0 Å². The molecular formula is C5H12S4Si. The first-order valence-corrected chi connectivity index (χ1v) is 11.8. The zero-order valence-corrected chi connectivity index (χ0v) is 10.6. The lowest BCUT2D eigenvalue weighted by Crippen LogP contribution is -1.85. The smallest absolute Gasteiger partial charge is 0.110 e. The van der Waals surface area contributed by atoms with Crippen LogP contribution in [0.2, 0.25) is 13.1 Å². The van der Waals surface area contributed by atoms with Crippen LogP contribution in [0.4, 0.5) is 0 Å². The molecule has 60 valence electrons. The third kappa shape index (κ3) is 9.36. The normalized spacial score (nSPS) is 10.3. The average molecular weight is 229 g/mol. The van der Waals surface area contributed by atoms with E-state index in [1.165, 1.54) is 0 Å². The molecule has 0 aromatic carbocycles. The Morgan fingerprint density at radius 3 is 2.60 bits per heavy atom. The molecule has 0 aliphatic heterocycles. The van der Waals surface area contributed by atoms with Gasteiger partial charge in [0, 0.05) is 5.75 Å². The van der Waals surface area contributed by atoms with Crippen molar-refractivity contribution < 1.29 is 0 Å². The van der Waals surface area contributed by atoms with Gasteiger partial charge in [0.25, 0.3) is 0 Å². The Bertz CT molecular complexity index is 85.7. The van der Waals surface area contributed by atoms with Gasteiger partial charge in [-0.15, -0.1) is 16.8 Å². The summed E-state index contributed by atoms with van der Waals surface area (Å²) in [5.74, 6) is 1.05. The topological polar surface area (TPSA) is 0 Å². The first kappa shape index (κ1) is 11.4. The summed E-state index contributed by atoms with van der Waals surface area (Å²) in [6.45, 7) is 8.34. The number of rotatable bonds is 6.